The summed E-state index contributed by atoms with van der Waals surface area (Å²) >= 11 is 0. The van der Waals surface area contributed by atoms with Crippen molar-refractivity contribution in [2.45, 2.75) is 0 Å². The molecular formula is H6NaO10P3V. The zero-order valence-corrected chi connectivity index (χ0v) is 10.1. The number of rotatable bonds is 4. The van der Waals surface area contributed by atoms with Crippen molar-refractivity contribution in [3.05, 3.63) is 0 Å². The van der Waals surface area contributed by atoms with Crippen molar-refractivity contribution < 1.29 is 65.3 Å². The van der Waals surface area contributed by atoms with Gasteiger partial charge >= 0.3 is 53.0 Å². The predicted octanol–water partition coefficient (Wildman–Crippen LogP) is -1.35. The van der Waals surface area contributed by atoms with Crippen LogP contribution in [0.15, 0.2) is 0 Å². The quantitative estimate of drug-likeness (QED) is 0.306. The van der Waals surface area contributed by atoms with E-state index in [1.165, 1.54) is 0 Å². The summed E-state index contributed by atoms with van der Waals surface area (Å²) < 4.78 is 36.4. The molecule has 10 nitrogen and oxygen atoms in total. The molecule has 5 N–H and O–H groups in total. The third-order valence-electron chi connectivity index (χ3n) is 0.419. The first kappa shape index (κ1) is 22.2. The average Bonchev–Trinajstić information content (AvgIpc) is 1.43. The van der Waals surface area contributed by atoms with Gasteiger partial charge < -0.3 is 24.5 Å². The third kappa shape index (κ3) is 16.0. The Morgan fingerprint density at radius 1 is 0.733 bits per heavy atom. The normalized spacial score (nSPS) is 12.6. The van der Waals surface area contributed by atoms with Gasteiger partial charge in [0.2, 0.25) is 0 Å². The van der Waals surface area contributed by atoms with E-state index in [4.69, 9.17) is 24.5 Å². The van der Waals surface area contributed by atoms with Gasteiger partial charge in [0.1, 0.15) is 0 Å². The molecule has 0 aliphatic carbocycles. The van der Waals surface area contributed by atoms with Crippen molar-refractivity contribution in [2.75, 3.05) is 0 Å². The zero-order valence-electron chi connectivity index (χ0n) is 6.07. The van der Waals surface area contributed by atoms with Gasteiger partial charge in [-0.25, -0.2) is 13.7 Å². The maximum Gasteiger partial charge on any atom is 0 e. The van der Waals surface area contributed by atoms with Crippen LogP contribution in [0.1, 0.15) is 0 Å². The summed E-state index contributed by atoms with van der Waals surface area (Å²) in [6, 6.07) is 0. The third-order valence-corrected chi connectivity index (χ3v) is 3.77. The molecule has 0 saturated heterocycles. The van der Waals surface area contributed by atoms with Crippen LogP contribution in [-0.4, -0.2) is 54.0 Å². The van der Waals surface area contributed by atoms with E-state index >= 15 is 0 Å². The van der Waals surface area contributed by atoms with E-state index in [2.05, 4.69) is 8.62 Å². The van der Waals surface area contributed by atoms with Crippen LogP contribution < -0.4 is 0 Å². The van der Waals surface area contributed by atoms with E-state index < -0.39 is 23.5 Å². The molecule has 0 atom stereocenters. The van der Waals surface area contributed by atoms with Crippen LogP contribution in [0, 0.1) is 0 Å². The van der Waals surface area contributed by atoms with Crippen molar-refractivity contribution in [1.82, 2.24) is 0 Å². The summed E-state index contributed by atoms with van der Waals surface area (Å²) in [6.07, 6.45) is 0. The standard InChI is InChI=1S/Na.H5O10P3.V.H/c;1-11(2,3)9-13(7,8)10-12(4,5)6;;/h;(H,7,8)(H2,1,2,3)(H2,4,5,6);;. The molecule has 0 amide bonds. The summed E-state index contributed by atoms with van der Waals surface area (Å²) in [5, 5.41) is 0. The molecule has 87 valence electrons. The molecule has 1 radical (unpaired) electrons. The predicted molar refractivity (Wildman–Crippen MR) is 43.2 cm³/mol. The SMILES string of the molecule is O=P(O)(O)OP(=O)(O)OP(=O)(O)O.[NaH].[V]. The second kappa shape index (κ2) is 7.43. The minimum atomic E-state index is -5.46. The van der Waals surface area contributed by atoms with Crippen LogP contribution >= 0.6 is 23.5 Å². The fraction of sp³-hybridized carbons (Fsp3) is 0. The molecule has 0 aliphatic rings. The Bertz CT molecular complexity index is 283. The van der Waals surface area contributed by atoms with Crippen LogP contribution in [0.25, 0.3) is 0 Å². The van der Waals surface area contributed by atoms with Gasteiger partial charge in [-0.15, -0.1) is 0 Å². The monoisotopic (exact) mass is 333 g/mol. The topological polar surface area (TPSA) is 171 Å². The molecule has 0 aromatic rings. The van der Waals surface area contributed by atoms with Gasteiger partial charge in [0.05, 0.1) is 0 Å². The Labute approximate surface area is 118 Å². The molecule has 0 aliphatic heterocycles. The molecular weight excluding hydrogens is 327 g/mol. The van der Waals surface area contributed by atoms with E-state index in [0.29, 0.717) is 0 Å². The summed E-state index contributed by atoms with van der Waals surface area (Å²) in [7, 11) is -16.2. The number of phosphoric acid groups is 3. The maximum atomic E-state index is 10.4. The first-order chi connectivity index (χ1) is 5.41. The summed E-state index contributed by atoms with van der Waals surface area (Å²) in [6.45, 7) is 0. The van der Waals surface area contributed by atoms with Crippen molar-refractivity contribution in [3.8, 4) is 0 Å². The summed E-state index contributed by atoms with van der Waals surface area (Å²) in [4.78, 5) is 40.2. The van der Waals surface area contributed by atoms with Crippen molar-refractivity contribution in [2.24, 2.45) is 0 Å². The van der Waals surface area contributed by atoms with Crippen LogP contribution in [0.4, 0.5) is 0 Å². The van der Waals surface area contributed by atoms with Crippen LogP contribution in [0.5, 0.6) is 0 Å². The zero-order chi connectivity index (χ0) is 10.9. The molecule has 0 bridgehead atoms. The van der Waals surface area contributed by atoms with E-state index in [1.54, 1.807) is 0 Å². The second-order valence-electron chi connectivity index (χ2n) is 1.61. The summed E-state index contributed by atoms with van der Waals surface area (Å²) in [5.74, 6) is 0. The molecule has 0 saturated carbocycles. The van der Waals surface area contributed by atoms with Gasteiger partial charge in [-0.05, 0) is 0 Å². The number of hydrogen-bond donors (Lipinski definition) is 5. The Kier molecular flexibility index (Phi) is 11.0. The van der Waals surface area contributed by atoms with Crippen LogP contribution in [0.2, 0.25) is 0 Å². The fourth-order valence-corrected chi connectivity index (χ4v) is 2.82. The average molecular weight is 333 g/mol. The Balaban J connectivity index is -0.000000720. The van der Waals surface area contributed by atoms with Crippen LogP contribution in [-0.2, 0) is 40.9 Å². The van der Waals surface area contributed by atoms with Gasteiger partial charge in [0.25, 0.3) is 0 Å². The first-order valence-corrected chi connectivity index (χ1v) is 6.83. The molecule has 0 spiro atoms. The minimum Gasteiger partial charge on any atom is 0 e. The molecule has 0 heterocycles. The molecule has 0 aromatic heterocycles. The maximum absolute atomic E-state index is 10.4. The Morgan fingerprint density at radius 3 is 1.07 bits per heavy atom. The Hall–Kier alpha value is 1.99. The van der Waals surface area contributed by atoms with E-state index in [0.717, 1.165) is 0 Å². The fourth-order valence-electron chi connectivity index (χ4n) is 0.284. The molecule has 0 aromatic carbocycles. The van der Waals surface area contributed by atoms with Crippen molar-refractivity contribution >= 4 is 53.0 Å². The largest absolute Gasteiger partial charge is 0 e. The first-order valence-electron chi connectivity index (χ1n) is 2.28. The molecule has 0 rings (SSSR count). The number of hydrogen-bond acceptors (Lipinski definition) is 5. The molecule has 15 heteroatoms. The van der Waals surface area contributed by atoms with Crippen molar-refractivity contribution in [3.63, 3.8) is 0 Å². The van der Waals surface area contributed by atoms with Gasteiger partial charge in [0.15, 0.2) is 0 Å². The van der Waals surface area contributed by atoms with Gasteiger partial charge in [-0.2, -0.15) is 8.62 Å². The minimum absolute atomic E-state index is 0. The van der Waals surface area contributed by atoms with E-state index in [1.807, 2.05) is 0 Å². The van der Waals surface area contributed by atoms with E-state index in [-0.39, 0.29) is 48.1 Å². The smallest absolute Gasteiger partial charge is 0 e. The van der Waals surface area contributed by atoms with Crippen molar-refractivity contribution in [1.29, 1.82) is 0 Å². The molecule has 0 unspecified atom stereocenters. The Morgan fingerprint density at radius 2 is 0.933 bits per heavy atom. The second-order valence-corrected chi connectivity index (χ2v) is 5.82. The van der Waals surface area contributed by atoms with E-state index in [9.17, 15) is 13.7 Å². The van der Waals surface area contributed by atoms with Crippen LogP contribution in [0.3, 0.4) is 0 Å². The molecule has 0 fully saturated rings. The van der Waals surface area contributed by atoms with Gasteiger partial charge in [0, 0.05) is 18.6 Å². The van der Waals surface area contributed by atoms with Gasteiger partial charge in [-0.3, -0.25) is 0 Å². The van der Waals surface area contributed by atoms with Gasteiger partial charge in [-0.1, -0.05) is 0 Å². The summed E-state index contributed by atoms with van der Waals surface area (Å²) in [5.41, 5.74) is 0. The molecule has 15 heavy (non-hydrogen) atoms.